The van der Waals surface area contributed by atoms with Gasteiger partial charge in [-0.3, -0.25) is 0 Å². The van der Waals surface area contributed by atoms with E-state index < -0.39 is 0 Å². The molecular formula is C10H20. The summed E-state index contributed by atoms with van der Waals surface area (Å²) in [7, 11) is 0. The smallest absolute Gasteiger partial charge is 0.0363 e. The maximum Gasteiger partial charge on any atom is -0.0363 e. The van der Waals surface area contributed by atoms with Gasteiger partial charge in [0.25, 0.3) is 0 Å². The minimum Gasteiger partial charge on any atom is -0.0625 e. The van der Waals surface area contributed by atoms with Crippen molar-refractivity contribution in [3.8, 4) is 0 Å². The molecule has 0 aliphatic heterocycles. The first-order valence-electron chi connectivity index (χ1n) is 4.63. The third kappa shape index (κ3) is 1.36. The lowest BCUT2D eigenvalue weighted by Crippen LogP contribution is -2.14. The highest BCUT2D eigenvalue weighted by atomic mass is 14.4. The van der Waals surface area contributed by atoms with Gasteiger partial charge in [-0.25, -0.2) is 0 Å². The van der Waals surface area contributed by atoms with E-state index in [1.54, 1.807) is 0 Å². The molecule has 0 heteroatoms. The molecule has 0 amide bonds. The van der Waals surface area contributed by atoms with E-state index in [-0.39, 0.29) is 0 Å². The lowest BCUT2D eigenvalue weighted by Gasteiger charge is -2.21. The van der Waals surface area contributed by atoms with Gasteiger partial charge < -0.3 is 0 Å². The Morgan fingerprint density at radius 2 is 1.70 bits per heavy atom. The first-order valence-corrected chi connectivity index (χ1v) is 4.63. The van der Waals surface area contributed by atoms with Crippen LogP contribution in [-0.4, -0.2) is 0 Å². The summed E-state index contributed by atoms with van der Waals surface area (Å²) in [6, 6.07) is 0. The monoisotopic (exact) mass is 140 g/mol. The second kappa shape index (κ2) is 2.94. The van der Waals surface area contributed by atoms with Gasteiger partial charge in [-0.1, -0.05) is 34.1 Å². The van der Waals surface area contributed by atoms with Crippen molar-refractivity contribution in [2.75, 3.05) is 0 Å². The van der Waals surface area contributed by atoms with Crippen molar-refractivity contribution >= 4 is 0 Å². The predicted molar refractivity (Wildman–Crippen MR) is 45.9 cm³/mol. The average molecular weight is 140 g/mol. The van der Waals surface area contributed by atoms with Crippen LogP contribution in [0.1, 0.15) is 40.5 Å². The van der Waals surface area contributed by atoms with E-state index in [1.807, 2.05) is 0 Å². The van der Waals surface area contributed by atoms with E-state index in [4.69, 9.17) is 0 Å². The fraction of sp³-hybridized carbons (Fsp3) is 1.00. The molecule has 0 aromatic heterocycles. The van der Waals surface area contributed by atoms with Crippen LogP contribution in [0.3, 0.4) is 0 Å². The van der Waals surface area contributed by atoms with Crippen molar-refractivity contribution in [1.29, 1.82) is 0 Å². The van der Waals surface area contributed by atoms with Crippen LogP contribution in [0.2, 0.25) is 0 Å². The van der Waals surface area contributed by atoms with Crippen LogP contribution in [0, 0.1) is 23.7 Å². The SMILES string of the molecule is CC(C)C1CC[C@@H](C)C1C. The predicted octanol–water partition coefficient (Wildman–Crippen LogP) is 3.32. The van der Waals surface area contributed by atoms with Crippen LogP contribution in [0.25, 0.3) is 0 Å². The molecule has 2 unspecified atom stereocenters. The molecular weight excluding hydrogens is 120 g/mol. The van der Waals surface area contributed by atoms with E-state index in [9.17, 15) is 0 Å². The van der Waals surface area contributed by atoms with Crippen LogP contribution in [0.4, 0.5) is 0 Å². The molecule has 1 fully saturated rings. The van der Waals surface area contributed by atoms with Crippen LogP contribution >= 0.6 is 0 Å². The Bertz CT molecular complexity index is 105. The first-order chi connectivity index (χ1) is 4.63. The molecule has 0 saturated heterocycles. The third-order valence-corrected chi connectivity index (χ3v) is 3.38. The minimum absolute atomic E-state index is 0.903. The van der Waals surface area contributed by atoms with Gasteiger partial charge in [-0.05, 0) is 30.1 Å². The van der Waals surface area contributed by atoms with Crippen molar-refractivity contribution in [2.24, 2.45) is 23.7 Å². The van der Waals surface area contributed by atoms with Gasteiger partial charge >= 0.3 is 0 Å². The molecule has 1 saturated carbocycles. The summed E-state index contributed by atoms with van der Waals surface area (Å²) in [5.74, 6) is 3.86. The van der Waals surface area contributed by atoms with Crippen molar-refractivity contribution < 1.29 is 0 Å². The zero-order valence-corrected chi connectivity index (χ0v) is 7.72. The van der Waals surface area contributed by atoms with Gasteiger partial charge in [-0.2, -0.15) is 0 Å². The quantitative estimate of drug-likeness (QED) is 0.524. The molecule has 60 valence electrons. The molecule has 1 aliphatic carbocycles. The first kappa shape index (κ1) is 8.10. The summed E-state index contributed by atoms with van der Waals surface area (Å²) in [6.45, 7) is 9.54. The van der Waals surface area contributed by atoms with Gasteiger partial charge in [0.1, 0.15) is 0 Å². The van der Waals surface area contributed by atoms with E-state index in [1.165, 1.54) is 12.8 Å². The van der Waals surface area contributed by atoms with E-state index in [0.717, 1.165) is 23.7 Å². The Balaban J connectivity index is 2.49. The highest BCUT2D eigenvalue weighted by Gasteiger charge is 2.31. The molecule has 0 aromatic carbocycles. The lowest BCUT2D eigenvalue weighted by atomic mass is 9.85. The maximum atomic E-state index is 2.42. The number of hydrogen-bond donors (Lipinski definition) is 0. The van der Waals surface area contributed by atoms with E-state index in [2.05, 4.69) is 27.7 Å². The molecule has 1 aliphatic rings. The third-order valence-electron chi connectivity index (χ3n) is 3.38. The molecule has 10 heavy (non-hydrogen) atoms. The van der Waals surface area contributed by atoms with Crippen molar-refractivity contribution in [1.82, 2.24) is 0 Å². The minimum atomic E-state index is 0.903. The Kier molecular flexibility index (Phi) is 2.38. The summed E-state index contributed by atoms with van der Waals surface area (Å²) in [6.07, 6.45) is 2.93. The highest BCUT2D eigenvalue weighted by molar-refractivity contribution is 4.81. The average Bonchev–Trinajstić information content (AvgIpc) is 2.14. The van der Waals surface area contributed by atoms with Crippen molar-refractivity contribution in [3.05, 3.63) is 0 Å². The topological polar surface area (TPSA) is 0 Å². The number of rotatable bonds is 1. The summed E-state index contributed by atoms with van der Waals surface area (Å²) in [4.78, 5) is 0. The normalized spacial score (nSPS) is 41.1. The number of hydrogen-bond acceptors (Lipinski definition) is 0. The van der Waals surface area contributed by atoms with Gasteiger partial charge in [0.2, 0.25) is 0 Å². The summed E-state index contributed by atoms with van der Waals surface area (Å²) >= 11 is 0. The van der Waals surface area contributed by atoms with Gasteiger partial charge in [-0.15, -0.1) is 0 Å². The largest absolute Gasteiger partial charge is 0.0625 e. The van der Waals surface area contributed by atoms with Gasteiger partial charge in [0.05, 0.1) is 0 Å². The van der Waals surface area contributed by atoms with E-state index >= 15 is 0 Å². The fourth-order valence-electron chi connectivity index (χ4n) is 2.34. The molecule has 0 spiro atoms. The van der Waals surface area contributed by atoms with Crippen LogP contribution in [0.15, 0.2) is 0 Å². The van der Waals surface area contributed by atoms with Crippen molar-refractivity contribution in [2.45, 2.75) is 40.5 Å². The van der Waals surface area contributed by atoms with Crippen molar-refractivity contribution in [3.63, 3.8) is 0 Å². The van der Waals surface area contributed by atoms with Crippen LogP contribution in [0.5, 0.6) is 0 Å². The Labute approximate surface area is 65.0 Å². The maximum absolute atomic E-state index is 2.42. The molecule has 0 N–H and O–H groups in total. The molecule has 0 radical (unpaired) electrons. The lowest BCUT2D eigenvalue weighted by molar-refractivity contribution is 0.282. The second-order valence-corrected chi connectivity index (χ2v) is 4.32. The fourth-order valence-corrected chi connectivity index (χ4v) is 2.34. The molecule has 0 heterocycles. The molecule has 0 bridgehead atoms. The zero-order chi connectivity index (χ0) is 7.72. The molecule has 0 aromatic rings. The Morgan fingerprint density at radius 1 is 1.10 bits per heavy atom. The Hall–Kier alpha value is 0. The zero-order valence-electron chi connectivity index (χ0n) is 7.72. The van der Waals surface area contributed by atoms with Gasteiger partial charge in [0.15, 0.2) is 0 Å². The van der Waals surface area contributed by atoms with Crippen LogP contribution < -0.4 is 0 Å². The Morgan fingerprint density at radius 3 is 1.90 bits per heavy atom. The summed E-state index contributed by atoms with van der Waals surface area (Å²) in [5.41, 5.74) is 0. The molecule has 0 nitrogen and oxygen atoms in total. The molecule has 3 atom stereocenters. The standard InChI is InChI=1S/C10H20/c1-7(2)10-6-5-8(3)9(10)4/h7-10H,5-6H2,1-4H3/t8-,9?,10?/m1/s1. The second-order valence-electron chi connectivity index (χ2n) is 4.32. The summed E-state index contributed by atoms with van der Waals surface area (Å²) in [5, 5.41) is 0. The molecule has 1 rings (SSSR count). The van der Waals surface area contributed by atoms with E-state index in [0.29, 0.717) is 0 Å². The van der Waals surface area contributed by atoms with Gasteiger partial charge in [0, 0.05) is 0 Å². The highest BCUT2D eigenvalue weighted by Crippen LogP contribution is 2.40. The van der Waals surface area contributed by atoms with Crippen LogP contribution in [-0.2, 0) is 0 Å². The summed E-state index contributed by atoms with van der Waals surface area (Å²) < 4.78 is 0.